The molecule has 0 saturated carbocycles. The molecule has 2 N–H and O–H groups in total. The normalized spacial score (nSPS) is 13.8. The molecular formula is C34H32FN5O5S. The van der Waals surface area contributed by atoms with E-state index in [-0.39, 0.29) is 10.7 Å². The summed E-state index contributed by atoms with van der Waals surface area (Å²) in [6, 6.07) is 23.6. The smallest absolute Gasteiger partial charge is 0.409 e. The predicted octanol–water partition coefficient (Wildman–Crippen LogP) is 6.03. The fraction of sp³-hybridized carbons (Fsp3) is 0.235. The molecule has 1 aliphatic rings. The van der Waals surface area contributed by atoms with Gasteiger partial charge in [0.05, 0.1) is 29.0 Å². The summed E-state index contributed by atoms with van der Waals surface area (Å²) in [5.74, 6) is -0.960. The molecule has 1 saturated heterocycles. The molecule has 0 bridgehead atoms. The van der Waals surface area contributed by atoms with E-state index in [0.29, 0.717) is 40.3 Å². The maximum Gasteiger partial charge on any atom is 0.441 e. The van der Waals surface area contributed by atoms with E-state index < -0.39 is 29.3 Å². The third kappa shape index (κ3) is 6.84. The van der Waals surface area contributed by atoms with Gasteiger partial charge in [-0.15, -0.1) is 16.4 Å². The molecule has 1 fully saturated rings. The topological polar surface area (TPSA) is 115 Å². The van der Waals surface area contributed by atoms with Crippen molar-refractivity contribution in [2.24, 2.45) is 0 Å². The highest BCUT2D eigenvalue weighted by atomic mass is 32.1. The van der Waals surface area contributed by atoms with Crippen LogP contribution < -0.4 is 15.4 Å². The van der Waals surface area contributed by atoms with Crippen molar-refractivity contribution in [2.45, 2.75) is 25.9 Å². The summed E-state index contributed by atoms with van der Waals surface area (Å²) in [4.78, 5) is 42.9. The van der Waals surface area contributed by atoms with E-state index in [4.69, 9.17) is 9.47 Å². The number of carbonyl (C=O) groups is 3. The zero-order valence-electron chi connectivity index (χ0n) is 25.3. The Kier molecular flexibility index (Phi) is 8.93. The maximum atomic E-state index is 14.6. The Morgan fingerprint density at radius 2 is 1.65 bits per heavy atom. The lowest BCUT2D eigenvalue weighted by Gasteiger charge is -2.27. The van der Waals surface area contributed by atoms with Gasteiger partial charge in [-0.1, -0.05) is 48.5 Å². The molecule has 1 aliphatic heterocycles. The van der Waals surface area contributed by atoms with Crippen molar-refractivity contribution < 1.29 is 28.2 Å². The SMILES string of the molecule is CC(C)(NC(=O)c1cc2c(NC(=O)c3ccc(CN4CCOCC4)cc3)nn(C(=O)Oc3ccccc3)c2s1)c1ccccc1F. The highest BCUT2D eigenvalue weighted by Gasteiger charge is 2.29. The van der Waals surface area contributed by atoms with E-state index in [0.717, 1.165) is 41.2 Å². The summed E-state index contributed by atoms with van der Waals surface area (Å²) >= 11 is 1.00. The number of carbonyl (C=O) groups excluding carboxylic acids is 3. The number of aromatic nitrogens is 2. The standard InChI is InChI=1S/C34H32FN5O5S/c1-34(2,26-10-6-7-11-27(26)35)37-31(42)28-20-25-29(38-40(32(25)46-28)33(43)45-24-8-4-3-5-9-24)36-30(41)23-14-12-22(13-15-23)21-39-16-18-44-19-17-39/h3-15,20H,16-19,21H2,1-2H3,(H,37,42)(H,36,38,41). The van der Waals surface area contributed by atoms with Crippen LogP contribution in [0.2, 0.25) is 0 Å². The van der Waals surface area contributed by atoms with Crippen LogP contribution in [0.3, 0.4) is 0 Å². The van der Waals surface area contributed by atoms with Gasteiger partial charge < -0.3 is 20.1 Å². The lowest BCUT2D eigenvalue weighted by Crippen LogP contribution is -2.41. The number of morpholine rings is 1. The first-order valence-electron chi connectivity index (χ1n) is 14.8. The molecule has 0 atom stereocenters. The summed E-state index contributed by atoms with van der Waals surface area (Å²) < 4.78 is 26.5. The summed E-state index contributed by atoms with van der Waals surface area (Å²) in [6.45, 7) is 7.28. The first-order valence-corrected chi connectivity index (χ1v) is 15.6. The number of nitrogens with zero attached hydrogens (tertiary/aromatic N) is 3. The van der Waals surface area contributed by atoms with Gasteiger partial charge in [-0.2, -0.15) is 4.68 Å². The van der Waals surface area contributed by atoms with Crippen molar-refractivity contribution in [3.63, 3.8) is 0 Å². The molecular weight excluding hydrogens is 609 g/mol. The molecule has 0 unspecified atom stereocenters. The number of halogens is 1. The van der Waals surface area contributed by atoms with Crippen LogP contribution in [0.1, 0.15) is 45.0 Å². The van der Waals surface area contributed by atoms with Crippen LogP contribution in [0, 0.1) is 5.82 Å². The molecule has 0 spiro atoms. The van der Waals surface area contributed by atoms with Crippen LogP contribution >= 0.6 is 11.3 Å². The van der Waals surface area contributed by atoms with Crippen LogP contribution in [0.5, 0.6) is 5.75 Å². The number of thiophene rings is 1. The molecule has 46 heavy (non-hydrogen) atoms. The Balaban J connectivity index is 1.27. The summed E-state index contributed by atoms with van der Waals surface area (Å²) in [6.07, 6.45) is -0.815. The largest absolute Gasteiger partial charge is 0.441 e. The second-order valence-electron chi connectivity index (χ2n) is 11.4. The quantitative estimate of drug-likeness (QED) is 0.213. The van der Waals surface area contributed by atoms with Gasteiger partial charge in [-0.25, -0.2) is 9.18 Å². The number of rotatable bonds is 8. The number of ether oxygens (including phenoxy) is 2. The third-order valence-corrected chi connectivity index (χ3v) is 8.75. The molecule has 10 nitrogen and oxygen atoms in total. The van der Waals surface area contributed by atoms with E-state index in [1.165, 1.54) is 6.07 Å². The number of hydrogen-bond donors (Lipinski definition) is 2. The van der Waals surface area contributed by atoms with Gasteiger partial charge in [-0.3, -0.25) is 14.5 Å². The van der Waals surface area contributed by atoms with E-state index in [9.17, 15) is 18.8 Å². The molecule has 0 aliphatic carbocycles. The highest BCUT2D eigenvalue weighted by molar-refractivity contribution is 7.20. The molecule has 236 valence electrons. The van der Waals surface area contributed by atoms with Crippen LogP contribution in [0.25, 0.3) is 10.2 Å². The van der Waals surface area contributed by atoms with E-state index >= 15 is 0 Å². The highest BCUT2D eigenvalue weighted by Crippen LogP contribution is 2.33. The Bertz CT molecular complexity index is 1880. The minimum absolute atomic E-state index is 0.0890. The number of para-hydroxylation sites is 1. The predicted molar refractivity (Wildman–Crippen MR) is 173 cm³/mol. The lowest BCUT2D eigenvalue weighted by atomic mass is 9.93. The zero-order valence-corrected chi connectivity index (χ0v) is 26.1. The second-order valence-corrected chi connectivity index (χ2v) is 12.4. The Hall–Kier alpha value is -4.91. The fourth-order valence-corrected chi connectivity index (χ4v) is 6.20. The molecule has 3 heterocycles. The summed E-state index contributed by atoms with van der Waals surface area (Å²) in [7, 11) is 0. The summed E-state index contributed by atoms with van der Waals surface area (Å²) in [5, 5.41) is 10.4. The molecule has 2 aromatic heterocycles. The molecule has 12 heteroatoms. The van der Waals surface area contributed by atoms with Crippen molar-refractivity contribution in [3.8, 4) is 5.75 Å². The zero-order chi connectivity index (χ0) is 32.3. The van der Waals surface area contributed by atoms with Gasteiger partial charge in [0, 0.05) is 30.8 Å². The second kappa shape index (κ2) is 13.2. The molecule has 3 aromatic carbocycles. The average molecular weight is 642 g/mol. The Morgan fingerprint density at radius 3 is 2.37 bits per heavy atom. The van der Waals surface area contributed by atoms with E-state index in [1.807, 2.05) is 12.1 Å². The lowest BCUT2D eigenvalue weighted by molar-refractivity contribution is 0.0342. The van der Waals surface area contributed by atoms with Gasteiger partial charge in [0.15, 0.2) is 5.82 Å². The minimum Gasteiger partial charge on any atom is -0.409 e. The molecule has 0 radical (unpaired) electrons. The average Bonchev–Trinajstić information content (AvgIpc) is 3.63. The van der Waals surface area contributed by atoms with Crippen molar-refractivity contribution in [1.82, 2.24) is 20.0 Å². The third-order valence-electron chi connectivity index (χ3n) is 7.64. The van der Waals surface area contributed by atoms with E-state index in [2.05, 4.69) is 20.6 Å². The monoisotopic (exact) mass is 641 g/mol. The first-order chi connectivity index (χ1) is 22.2. The van der Waals surface area contributed by atoms with Gasteiger partial charge in [0.25, 0.3) is 11.8 Å². The van der Waals surface area contributed by atoms with E-state index in [1.54, 1.807) is 80.6 Å². The molecule has 6 rings (SSSR count). The van der Waals surface area contributed by atoms with Gasteiger partial charge in [0.1, 0.15) is 16.4 Å². The minimum atomic E-state index is -1.04. The fourth-order valence-electron chi connectivity index (χ4n) is 5.21. The van der Waals surface area contributed by atoms with Crippen LogP contribution in [0.4, 0.5) is 15.0 Å². The number of amides is 2. The van der Waals surface area contributed by atoms with Crippen molar-refractivity contribution in [2.75, 3.05) is 31.6 Å². The van der Waals surface area contributed by atoms with Crippen molar-refractivity contribution in [1.29, 1.82) is 0 Å². The van der Waals surface area contributed by atoms with Crippen LogP contribution in [0.15, 0.2) is 84.9 Å². The Labute approximate surface area is 268 Å². The summed E-state index contributed by atoms with van der Waals surface area (Å²) in [5.41, 5.74) is 0.758. The van der Waals surface area contributed by atoms with Crippen molar-refractivity contribution in [3.05, 3.63) is 112 Å². The van der Waals surface area contributed by atoms with Crippen LogP contribution in [-0.4, -0.2) is 58.9 Å². The maximum absolute atomic E-state index is 14.6. The number of hydrogen-bond acceptors (Lipinski definition) is 8. The van der Waals surface area contributed by atoms with Gasteiger partial charge in [-0.05, 0) is 55.8 Å². The van der Waals surface area contributed by atoms with Gasteiger partial charge in [0.2, 0.25) is 0 Å². The van der Waals surface area contributed by atoms with Crippen molar-refractivity contribution >= 4 is 45.3 Å². The molecule has 2 amide bonds. The number of fused-ring (bicyclic) bond motifs is 1. The first kappa shape index (κ1) is 31.1. The molecule has 5 aromatic rings. The van der Waals surface area contributed by atoms with Crippen LogP contribution in [-0.2, 0) is 16.8 Å². The number of anilines is 1. The number of nitrogens with one attached hydrogen (secondary N) is 2. The number of benzene rings is 3. The van der Waals surface area contributed by atoms with Gasteiger partial charge >= 0.3 is 6.09 Å². The Morgan fingerprint density at radius 1 is 0.957 bits per heavy atom.